The van der Waals surface area contributed by atoms with E-state index in [0.29, 0.717) is 73.6 Å². The van der Waals surface area contributed by atoms with Crippen LogP contribution in [0.5, 0.6) is 5.75 Å². The first-order valence-electron chi connectivity index (χ1n) is 25.0. The van der Waals surface area contributed by atoms with Crippen LogP contribution in [0.4, 0.5) is 16.2 Å². The smallest absolute Gasteiger partial charge is 0.407 e. The van der Waals surface area contributed by atoms with Crippen LogP contribution in [0.15, 0.2) is 91.0 Å². The molecule has 3 aliphatic rings. The van der Waals surface area contributed by atoms with Crippen molar-refractivity contribution in [2.24, 2.45) is 17.6 Å². The molecule has 73 heavy (non-hydrogen) atoms. The number of anilines is 2. The minimum atomic E-state index is -1.14. The zero-order valence-electron chi connectivity index (χ0n) is 41.6. The molecule has 5 unspecified atom stereocenters. The lowest BCUT2D eigenvalue weighted by atomic mass is 10.0. The predicted molar refractivity (Wildman–Crippen MR) is 272 cm³/mol. The van der Waals surface area contributed by atoms with Crippen molar-refractivity contribution in [2.45, 2.75) is 129 Å². The van der Waals surface area contributed by atoms with Gasteiger partial charge in [-0.15, -0.1) is 0 Å². The van der Waals surface area contributed by atoms with Crippen molar-refractivity contribution in [3.63, 3.8) is 0 Å². The summed E-state index contributed by atoms with van der Waals surface area (Å²) in [6.45, 7) is 7.26. The summed E-state index contributed by atoms with van der Waals surface area (Å²) < 4.78 is 11.4. The molecule has 7 rings (SSSR count). The number of fused-ring (bicyclic) bond motifs is 1. The van der Waals surface area contributed by atoms with E-state index in [2.05, 4.69) is 44.1 Å². The topological polar surface area (TPSA) is 272 Å². The number of nitrogens with zero attached hydrogens (tertiary/aromatic N) is 1. The number of aliphatic hydroxyl groups is 1. The molecule has 388 valence electrons. The van der Waals surface area contributed by atoms with Crippen LogP contribution in [0.2, 0.25) is 0 Å². The normalized spacial score (nSPS) is 18.8. The van der Waals surface area contributed by atoms with Crippen LogP contribution in [0, 0.1) is 11.8 Å². The molecule has 0 spiro atoms. The highest BCUT2D eigenvalue weighted by Crippen LogP contribution is 2.46. The Bertz CT molecular complexity index is 2610. The van der Waals surface area contributed by atoms with Gasteiger partial charge in [-0.1, -0.05) is 82.1 Å². The van der Waals surface area contributed by atoms with Gasteiger partial charge >= 0.3 is 6.09 Å². The first-order valence-corrected chi connectivity index (χ1v) is 25.0. The molecule has 19 nitrogen and oxygen atoms in total. The average molecular weight is 1000 g/mol. The molecule has 2 aliphatic heterocycles. The number of rotatable bonds is 25. The number of carbonyl (C=O) groups is 7. The van der Waals surface area contributed by atoms with Crippen LogP contribution in [-0.2, 0) is 61.6 Å². The molecule has 7 amide bonds. The fourth-order valence-electron chi connectivity index (χ4n) is 9.01. The zero-order chi connectivity index (χ0) is 52.1. The van der Waals surface area contributed by atoms with Gasteiger partial charge in [-0.05, 0) is 114 Å². The van der Waals surface area contributed by atoms with E-state index in [4.69, 9.17) is 15.2 Å². The molecule has 0 bridgehead atoms. The summed E-state index contributed by atoms with van der Waals surface area (Å²) in [5.74, 6) is -1.67. The third-order valence-electron chi connectivity index (χ3n) is 13.3. The number of nitrogens with one attached hydrogen (secondary N) is 7. The standard InChI is InChI=1S/C54H67N9O10/c1-4-5-6-7-45(64)60-47(33(2)3)49(67)62-54(27-39(54)24-25-55)51(69)58-40-15-12-36(13-16-40)32-73-53(71)57-28-34-8-10-35(11-9-34)31-72-42-19-17-41(18-20-42)59-52(70)56-29-37-14-21-43-38(26-37)30-63(50(43)68)44-22-23-46(65)61-48(44)66/h8-21,26,33,39,44,47,52,56,59,70H,4-7,22-25,27-32,55H2,1-3H3,(H,57,71)(H,58,69)(H,60,64)(H,62,67)(H,61,65,66). The molecule has 2 heterocycles. The second-order valence-electron chi connectivity index (χ2n) is 19.2. The number of unbranched alkanes of at least 4 members (excludes halogenated alkanes) is 2. The first kappa shape index (κ1) is 53.4. The Morgan fingerprint density at radius 3 is 2.25 bits per heavy atom. The molecule has 1 aliphatic carbocycles. The third-order valence-corrected chi connectivity index (χ3v) is 13.3. The first-order chi connectivity index (χ1) is 35.1. The average Bonchev–Trinajstić information content (AvgIpc) is 3.97. The summed E-state index contributed by atoms with van der Waals surface area (Å²) in [5.41, 5.74) is 10.5. The number of hydrogen-bond donors (Lipinski definition) is 9. The molecule has 0 aromatic heterocycles. The number of aliphatic hydroxyl groups excluding tert-OH is 1. The number of hydrogen-bond acceptors (Lipinski definition) is 13. The molecule has 5 atom stereocenters. The maximum atomic E-state index is 13.7. The van der Waals surface area contributed by atoms with E-state index < -0.39 is 41.9 Å². The molecule has 0 radical (unpaired) electrons. The van der Waals surface area contributed by atoms with Gasteiger partial charge in [-0.25, -0.2) is 4.79 Å². The van der Waals surface area contributed by atoms with Crippen molar-refractivity contribution in [1.82, 2.24) is 31.5 Å². The SMILES string of the molecule is CCCCCC(=O)NC(C(=O)NC1(C(=O)Nc2ccc(COC(=O)NCc3ccc(COc4ccc(NC(O)NCc5ccc6c(c5)CN(C5CCC(=O)NC5=O)C6=O)cc4)cc3)cc2)CC1CCN)C(C)C. The van der Waals surface area contributed by atoms with Gasteiger partial charge in [0.05, 0.1) is 0 Å². The fourth-order valence-corrected chi connectivity index (χ4v) is 9.01. The molecule has 4 aromatic rings. The van der Waals surface area contributed by atoms with E-state index in [-0.39, 0.29) is 61.6 Å². The van der Waals surface area contributed by atoms with Crippen molar-refractivity contribution in [2.75, 3.05) is 17.2 Å². The van der Waals surface area contributed by atoms with Gasteiger partial charge in [-0.3, -0.25) is 39.4 Å². The minimum Gasteiger partial charge on any atom is -0.489 e. The third kappa shape index (κ3) is 14.4. The van der Waals surface area contributed by atoms with Crippen molar-refractivity contribution >= 4 is 52.9 Å². The highest BCUT2D eigenvalue weighted by atomic mass is 16.5. The highest BCUT2D eigenvalue weighted by Gasteiger charge is 2.61. The van der Waals surface area contributed by atoms with Gasteiger partial charge in [0.15, 0.2) is 6.35 Å². The van der Waals surface area contributed by atoms with Gasteiger partial charge in [0, 0.05) is 49.4 Å². The Hall–Kier alpha value is -7.35. The lowest BCUT2D eigenvalue weighted by Crippen LogP contribution is -2.56. The highest BCUT2D eigenvalue weighted by molar-refractivity contribution is 6.06. The maximum absolute atomic E-state index is 13.7. The number of benzene rings is 4. The van der Waals surface area contributed by atoms with Crippen molar-refractivity contribution in [3.05, 3.63) is 124 Å². The van der Waals surface area contributed by atoms with Gasteiger partial charge in [0.1, 0.15) is 36.6 Å². The van der Waals surface area contributed by atoms with E-state index in [0.717, 1.165) is 41.5 Å². The lowest BCUT2D eigenvalue weighted by Gasteiger charge is -2.29. The summed E-state index contributed by atoms with van der Waals surface area (Å²) in [6.07, 6.45) is 2.80. The fraction of sp³-hybridized carbons (Fsp3) is 0.426. The monoisotopic (exact) mass is 1000 g/mol. The Labute approximate surface area is 425 Å². The number of alkyl carbamates (subject to hydrolysis) is 1. The van der Waals surface area contributed by atoms with Crippen LogP contribution in [0.1, 0.15) is 110 Å². The molecule has 4 aromatic carbocycles. The van der Waals surface area contributed by atoms with E-state index in [9.17, 15) is 38.7 Å². The molecule has 1 saturated carbocycles. The second-order valence-corrected chi connectivity index (χ2v) is 19.2. The van der Waals surface area contributed by atoms with E-state index in [1.54, 1.807) is 60.7 Å². The van der Waals surface area contributed by atoms with Gasteiger partial charge in [-0.2, -0.15) is 0 Å². The van der Waals surface area contributed by atoms with Crippen molar-refractivity contribution < 1.29 is 48.1 Å². The maximum Gasteiger partial charge on any atom is 0.407 e. The molecule has 2 fully saturated rings. The number of carbonyl (C=O) groups excluding carboxylic acids is 7. The molecule has 1 saturated heterocycles. The van der Waals surface area contributed by atoms with Crippen LogP contribution in [-0.4, -0.2) is 82.1 Å². The predicted octanol–water partition coefficient (Wildman–Crippen LogP) is 4.81. The quantitative estimate of drug-likeness (QED) is 0.0245. The Kier molecular flexibility index (Phi) is 18.2. The van der Waals surface area contributed by atoms with E-state index in [1.165, 1.54) is 4.90 Å². The molecule has 10 N–H and O–H groups in total. The Morgan fingerprint density at radius 1 is 0.863 bits per heavy atom. The lowest BCUT2D eigenvalue weighted by molar-refractivity contribution is -0.137. The Morgan fingerprint density at radius 2 is 1.55 bits per heavy atom. The number of ether oxygens (including phenoxy) is 2. The Balaban J connectivity index is 0.785. The summed E-state index contributed by atoms with van der Waals surface area (Å²) >= 11 is 0. The summed E-state index contributed by atoms with van der Waals surface area (Å²) in [4.78, 5) is 90.8. The van der Waals surface area contributed by atoms with Crippen molar-refractivity contribution in [3.8, 4) is 5.75 Å². The molecular weight excluding hydrogens is 935 g/mol. The summed E-state index contributed by atoms with van der Waals surface area (Å²) in [5, 5.41) is 30.5. The molecule has 19 heteroatoms. The number of nitrogens with two attached hydrogens (primary N) is 1. The minimum absolute atomic E-state index is 0.00193. The van der Waals surface area contributed by atoms with Crippen LogP contribution < -0.4 is 47.7 Å². The van der Waals surface area contributed by atoms with Gasteiger partial charge in [0.2, 0.25) is 29.5 Å². The largest absolute Gasteiger partial charge is 0.489 e. The zero-order valence-corrected chi connectivity index (χ0v) is 41.6. The van der Waals surface area contributed by atoms with Crippen LogP contribution in [0.3, 0.4) is 0 Å². The second kappa shape index (κ2) is 24.9. The van der Waals surface area contributed by atoms with E-state index >= 15 is 0 Å². The number of imide groups is 1. The number of piperidine rings is 1. The summed E-state index contributed by atoms with van der Waals surface area (Å²) in [7, 11) is 0. The van der Waals surface area contributed by atoms with E-state index in [1.807, 2.05) is 44.2 Å². The molecular formula is C54H67N9O10. The van der Waals surface area contributed by atoms with Gasteiger partial charge < -0.3 is 51.8 Å². The van der Waals surface area contributed by atoms with Crippen molar-refractivity contribution in [1.29, 1.82) is 0 Å². The van der Waals surface area contributed by atoms with Crippen LogP contribution in [0.25, 0.3) is 0 Å². The van der Waals surface area contributed by atoms with Crippen LogP contribution >= 0.6 is 0 Å². The number of amides is 7. The van der Waals surface area contributed by atoms with Gasteiger partial charge in [0.25, 0.3) is 5.91 Å². The summed E-state index contributed by atoms with van der Waals surface area (Å²) in [6, 6.07) is 25.5.